The fourth-order valence-electron chi connectivity index (χ4n) is 3.32. The van der Waals surface area contributed by atoms with Crippen molar-refractivity contribution in [2.24, 2.45) is 0 Å². The van der Waals surface area contributed by atoms with Crippen LogP contribution >= 0.6 is 0 Å². The Bertz CT molecular complexity index is 1100. The lowest BCUT2D eigenvalue weighted by molar-refractivity contribution is 0.362. The van der Waals surface area contributed by atoms with Crippen LogP contribution in [0, 0.1) is 19.7 Å². The molecule has 3 aromatic rings. The molecular formula is C19H21FN4O3S. The third kappa shape index (κ3) is 3.20. The molecule has 0 amide bonds. The van der Waals surface area contributed by atoms with Crippen LogP contribution in [0.15, 0.2) is 45.9 Å². The van der Waals surface area contributed by atoms with E-state index in [1.807, 2.05) is 18.7 Å². The van der Waals surface area contributed by atoms with E-state index in [2.05, 4.69) is 10.2 Å². The molecule has 2 aromatic heterocycles. The van der Waals surface area contributed by atoms with Crippen molar-refractivity contribution in [3.05, 3.63) is 53.5 Å². The highest BCUT2D eigenvalue weighted by molar-refractivity contribution is 7.89. The number of benzene rings is 1. The number of H-pyrrole nitrogens is 1. The molecule has 0 bridgehead atoms. The molecule has 0 atom stereocenters. The Hall–Kier alpha value is -2.65. The van der Waals surface area contributed by atoms with Gasteiger partial charge in [0.05, 0.1) is 5.69 Å². The van der Waals surface area contributed by atoms with Crippen LogP contribution in [0.3, 0.4) is 0 Å². The minimum Gasteiger partial charge on any atom is -0.442 e. The molecule has 7 nitrogen and oxygen atoms in total. The number of aromatic amines is 1. The third-order valence-electron chi connectivity index (χ3n) is 5.09. The van der Waals surface area contributed by atoms with Gasteiger partial charge in [0.2, 0.25) is 5.09 Å². The highest BCUT2D eigenvalue weighted by Crippen LogP contribution is 2.29. The van der Waals surface area contributed by atoms with E-state index in [0.717, 1.165) is 11.3 Å². The number of piperazine rings is 1. The summed E-state index contributed by atoms with van der Waals surface area (Å²) in [6, 6.07) is 9.58. The van der Waals surface area contributed by atoms with Crippen molar-refractivity contribution in [3.63, 3.8) is 0 Å². The first-order valence-electron chi connectivity index (χ1n) is 8.99. The number of nitrogens with zero attached hydrogens (tertiary/aromatic N) is 3. The van der Waals surface area contributed by atoms with Gasteiger partial charge in [-0.2, -0.15) is 9.40 Å². The van der Waals surface area contributed by atoms with E-state index in [1.165, 1.54) is 16.4 Å². The molecule has 9 heteroatoms. The Balaban J connectivity index is 1.51. The Kier molecular flexibility index (Phi) is 4.72. The van der Waals surface area contributed by atoms with Crippen molar-refractivity contribution < 1.29 is 17.2 Å². The minimum atomic E-state index is -3.76. The standard InChI is InChI=1S/C19H21FN4O3S/c1-13-14(2)21-22-19(13)17-7-8-18(27-17)28(25,26)24-11-9-23(10-12-24)16-6-4-3-5-15(16)20/h3-8H,9-12H2,1-2H3,(H,21,22). The van der Waals surface area contributed by atoms with Crippen LogP contribution in [0.5, 0.6) is 0 Å². The van der Waals surface area contributed by atoms with Crippen molar-refractivity contribution in [2.45, 2.75) is 18.9 Å². The molecule has 0 saturated carbocycles. The molecule has 4 rings (SSSR count). The van der Waals surface area contributed by atoms with E-state index < -0.39 is 10.0 Å². The predicted octanol–water partition coefficient (Wildman–Crippen LogP) is 2.94. The van der Waals surface area contributed by atoms with Gasteiger partial charge in [0.15, 0.2) is 5.76 Å². The quantitative estimate of drug-likeness (QED) is 0.723. The summed E-state index contributed by atoms with van der Waals surface area (Å²) in [5.74, 6) is 0.101. The summed E-state index contributed by atoms with van der Waals surface area (Å²) in [6.45, 7) is 5.12. The highest BCUT2D eigenvalue weighted by atomic mass is 32.2. The number of nitrogens with one attached hydrogen (secondary N) is 1. The molecular weight excluding hydrogens is 383 g/mol. The Labute approximate surface area is 162 Å². The second-order valence-electron chi connectivity index (χ2n) is 6.78. The summed E-state index contributed by atoms with van der Waals surface area (Å²) in [5, 5.41) is 6.93. The van der Waals surface area contributed by atoms with E-state index in [1.54, 1.807) is 24.3 Å². The molecule has 1 N–H and O–H groups in total. The van der Waals surface area contributed by atoms with E-state index in [-0.39, 0.29) is 24.0 Å². The number of para-hydroxylation sites is 1. The summed E-state index contributed by atoms with van der Waals surface area (Å²) < 4.78 is 46.9. The first-order chi connectivity index (χ1) is 13.4. The van der Waals surface area contributed by atoms with E-state index in [9.17, 15) is 12.8 Å². The fourth-order valence-corrected chi connectivity index (χ4v) is 4.65. The number of hydrogen-bond acceptors (Lipinski definition) is 5. The third-order valence-corrected chi connectivity index (χ3v) is 6.87. The van der Waals surface area contributed by atoms with Crippen LogP contribution < -0.4 is 4.90 Å². The molecule has 1 aliphatic rings. The summed E-state index contributed by atoms with van der Waals surface area (Å²) >= 11 is 0. The number of aryl methyl sites for hydroxylation is 1. The maximum absolute atomic E-state index is 14.0. The second-order valence-corrected chi connectivity index (χ2v) is 8.65. The lowest BCUT2D eigenvalue weighted by Crippen LogP contribution is -2.48. The molecule has 0 aliphatic carbocycles. The summed E-state index contributed by atoms with van der Waals surface area (Å²) in [4.78, 5) is 1.85. The molecule has 148 valence electrons. The van der Waals surface area contributed by atoms with Crippen molar-refractivity contribution in [2.75, 3.05) is 31.1 Å². The predicted molar refractivity (Wildman–Crippen MR) is 103 cm³/mol. The SMILES string of the molecule is Cc1[nH]nc(-c2ccc(S(=O)(=O)N3CCN(c4ccccc4F)CC3)o2)c1C. The maximum atomic E-state index is 14.0. The first kappa shape index (κ1) is 18.7. The lowest BCUT2D eigenvalue weighted by Gasteiger charge is -2.35. The number of sulfonamides is 1. The summed E-state index contributed by atoms with van der Waals surface area (Å²) in [5.41, 5.74) is 2.91. The van der Waals surface area contributed by atoms with Crippen LogP contribution in [0.25, 0.3) is 11.5 Å². The van der Waals surface area contributed by atoms with Crippen molar-refractivity contribution >= 4 is 15.7 Å². The Morgan fingerprint density at radius 1 is 1.07 bits per heavy atom. The number of aromatic nitrogens is 2. The van der Waals surface area contributed by atoms with Gasteiger partial charge < -0.3 is 9.32 Å². The second kappa shape index (κ2) is 7.06. The fraction of sp³-hybridized carbons (Fsp3) is 0.316. The van der Waals surface area contributed by atoms with Crippen molar-refractivity contribution in [3.8, 4) is 11.5 Å². The van der Waals surface area contributed by atoms with Crippen molar-refractivity contribution in [1.29, 1.82) is 0 Å². The molecule has 1 aromatic carbocycles. The number of hydrogen-bond donors (Lipinski definition) is 1. The topological polar surface area (TPSA) is 82.4 Å². The van der Waals surface area contributed by atoms with Crippen LogP contribution in [0.4, 0.5) is 10.1 Å². The van der Waals surface area contributed by atoms with E-state index >= 15 is 0 Å². The van der Waals surface area contributed by atoms with Gasteiger partial charge in [0.25, 0.3) is 10.0 Å². The molecule has 1 saturated heterocycles. The van der Waals surface area contributed by atoms with Gasteiger partial charge in [-0.05, 0) is 38.1 Å². The van der Waals surface area contributed by atoms with Gasteiger partial charge in [0, 0.05) is 37.4 Å². The molecule has 1 fully saturated rings. The first-order valence-corrected chi connectivity index (χ1v) is 10.4. The lowest BCUT2D eigenvalue weighted by atomic mass is 10.2. The van der Waals surface area contributed by atoms with Gasteiger partial charge in [-0.25, -0.2) is 12.8 Å². The molecule has 28 heavy (non-hydrogen) atoms. The average molecular weight is 404 g/mol. The van der Waals surface area contributed by atoms with E-state index in [0.29, 0.717) is 30.2 Å². The van der Waals surface area contributed by atoms with Crippen LogP contribution in [0.1, 0.15) is 11.3 Å². The van der Waals surface area contributed by atoms with Crippen LogP contribution in [0.2, 0.25) is 0 Å². The van der Waals surface area contributed by atoms with Gasteiger partial charge >= 0.3 is 0 Å². The number of furan rings is 1. The molecule has 1 aliphatic heterocycles. The zero-order chi connectivity index (χ0) is 19.9. The van der Waals surface area contributed by atoms with Gasteiger partial charge in [-0.1, -0.05) is 12.1 Å². The Morgan fingerprint density at radius 2 is 1.79 bits per heavy atom. The summed E-state index contributed by atoms with van der Waals surface area (Å²) in [7, 11) is -3.76. The zero-order valence-electron chi connectivity index (χ0n) is 15.6. The zero-order valence-corrected chi connectivity index (χ0v) is 16.5. The monoisotopic (exact) mass is 404 g/mol. The maximum Gasteiger partial charge on any atom is 0.276 e. The van der Waals surface area contributed by atoms with Gasteiger partial charge in [-0.15, -0.1) is 0 Å². The molecule has 0 radical (unpaired) electrons. The average Bonchev–Trinajstić information content (AvgIpc) is 3.30. The normalized spacial score (nSPS) is 15.9. The number of rotatable bonds is 4. The minimum absolute atomic E-state index is 0.109. The number of anilines is 1. The van der Waals surface area contributed by atoms with Crippen LogP contribution in [-0.4, -0.2) is 49.1 Å². The van der Waals surface area contributed by atoms with Gasteiger partial charge in [-0.3, -0.25) is 5.10 Å². The van der Waals surface area contributed by atoms with E-state index in [4.69, 9.17) is 4.42 Å². The molecule has 0 unspecified atom stereocenters. The molecule has 3 heterocycles. The molecule has 0 spiro atoms. The van der Waals surface area contributed by atoms with Crippen LogP contribution in [-0.2, 0) is 10.0 Å². The summed E-state index contributed by atoms with van der Waals surface area (Å²) in [6.07, 6.45) is 0. The van der Waals surface area contributed by atoms with Crippen molar-refractivity contribution in [1.82, 2.24) is 14.5 Å². The smallest absolute Gasteiger partial charge is 0.276 e. The number of halogens is 1. The Morgan fingerprint density at radius 3 is 2.43 bits per heavy atom. The van der Waals surface area contributed by atoms with Gasteiger partial charge in [0.1, 0.15) is 11.5 Å². The largest absolute Gasteiger partial charge is 0.442 e. The highest BCUT2D eigenvalue weighted by Gasteiger charge is 2.32.